The summed E-state index contributed by atoms with van der Waals surface area (Å²) in [7, 11) is 0. The highest BCUT2D eigenvalue weighted by atomic mass is 16.4. The van der Waals surface area contributed by atoms with Crippen LogP contribution in [0.2, 0.25) is 0 Å². The highest BCUT2D eigenvalue weighted by molar-refractivity contribution is 5.74. The van der Waals surface area contributed by atoms with Gasteiger partial charge in [-0.15, -0.1) is 0 Å². The molecule has 1 aliphatic heterocycles. The Hall–Kier alpha value is -1.39. The Morgan fingerprint density at radius 1 is 1.42 bits per heavy atom. The lowest BCUT2D eigenvalue weighted by molar-refractivity contribution is -0.144. The Balaban J connectivity index is 2.14. The van der Waals surface area contributed by atoms with Crippen LogP contribution in [0.25, 0.3) is 0 Å². The molecule has 19 heavy (non-hydrogen) atoms. The maximum Gasteiger partial charge on any atom is 0.321 e. The summed E-state index contributed by atoms with van der Waals surface area (Å²) in [5.41, 5.74) is -0.211. The van der Waals surface area contributed by atoms with E-state index in [1.54, 1.807) is 6.92 Å². The van der Waals surface area contributed by atoms with Crippen LogP contribution in [0.1, 0.15) is 25.8 Å². The molecular weight excluding hydrogens is 242 g/mol. The van der Waals surface area contributed by atoms with Crippen molar-refractivity contribution in [2.75, 3.05) is 13.1 Å². The molecule has 1 saturated heterocycles. The molecule has 0 aromatic heterocycles. The Kier molecular flexibility index (Phi) is 3.92. The Labute approximate surface area is 113 Å². The molecule has 1 aromatic rings. The topological polar surface area (TPSA) is 60.8 Å². The maximum absolute atomic E-state index is 11.3. The number of likely N-dealkylation sites (tertiary alicyclic amines) is 1. The van der Waals surface area contributed by atoms with E-state index in [4.69, 9.17) is 0 Å². The Morgan fingerprint density at radius 3 is 2.63 bits per heavy atom. The summed E-state index contributed by atoms with van der Waals surface area (Å²) in [6.45, 7) is 4.76. The third-order valence-corrected chi connectivity index (χ3v) is 3.96. The van der Waals surface area contributed by atoms with Gasteiger partial charge in [0, 0.05) is 6.54 Å². The molecule has 3 unspecified atom stereocenters. The molecule has 1 fully saturated rings. The van der Waals surface area contributed by atoms with Crippen LogP contribution in [0.5, 0.6) is 0 Å². The number of hydrogen-bond donors (Lipinski definition) is 2. The average Bonchev–Trinajstić information content (AvgIpc) is 2.71. The van der Waals surface area contributed by atoms with E-state index in [0.29, 0.717) is 6.54 Å². The molecule has 4 nitrogen and oxygen atoms in total. The summed E-state index contributed by atoms with van der Waals surface area (Å²) in [6.07, 6.45) is 0.863. The second kappa shape index (κ2) is 5.31. The maximum atomic E-state index is 11.3. The number of rotatable bonds is 4. The minimum absolute atomic E-state index is 0.129. The van der Waals surface area contributed by atoms with Crippen molar-refractivity contribution in [3.05, 3.63) is 35.9 Å². The lowest BCUT2D eigenvalue weighted by atomic mass is 9.94. The summed E-state index contributed by atoms with van der Waals surface area (Å²) in [5.74, 6) is -0.669. The number of aliphatic carboxylic acids is 1. The monoisotopic (exact) mass is 263 g/mol. The number of carbonyl (C=O) groups is 1. The molecule has 104 valence electrons. The minimum atomic E-state index is -1.03. The zero-order chi connectivity index (χ0) is 14.0. The van der Waals surface area contributed by atoms with Gasteiger partial charge in [-0.1, -0.05) is 37.3 Å². The summed E-state index contributed by atoms with van der Waals surface area (Å²) in [6, 6.07) is 8.91. The smallest absolute Gasteiger partial charge is 0.321 e. The quantitative estimate of drug-likeness (QED) is 0.868. The van der Waals surface area contributed by atoms with Crippen molar-refractivity contribution in [3.63, 3.8) is 0 Å². The molecule has 4 heteroatoms. The summed E-state index contributed by atoms with van der Waals surface area (Å²) < 4.78 is 0. The second-order valence-electron chi connectivity index (χ2n) is 5.66. The SMILES string of the molecule is CC1CCN(CC(C)(O)c2ccccc2)C1C(=O)O. The molecule has 1 aromatic carbocycles. The molecule has 1 aliphatic rings. The van der Waals surface area contributed by atoms with Crippen LogP contribution >= 0.6 is 0 Å². The molecular formula is C15H21NO3. The fourth-order valence-corrected chi connectivity index (χ4v) is 2.89. The van der Waals surface area contributed by atoms with E-state index >= 15 is 0 Å². The van der Waals surface area contributed by atoms with Crippen LogP contribution in [0, 0.1) is 5.92 Å². The molecule has 2 N–H and O–H groups in total. The number of carboxylic acid groups (broad SMARTS) is 1. The normalized spacial score (nSPS) is 27.1. The largest absolute Gasteiger partial charge is 0.480 e. The van der Waals surface area contributed by atoms with Crippen molar-refractivity contribution in [1.29, 1.82) is 0 Å². The van der Waals surface area contributed by atoms with Crippen LogP contribution in [0.4, 0.5) is 0 Å². The van der Waals surface area contributed by atoms with E-state index in [-0.39, 0.29) is 5.92 Å². The van der Waals surface area contributed by atoms with Gasteiger partial charge in [-0.05, 0) is 31.4 Å². The van der Waals surface area contributed by atoms with Gasteiger partial charge in [0.05, 0.1) is 5.60 Å². The second-order valence-corrected chi connectivity index (χ2v) is 5.66. The predicted molar refractivity (Wildman–Crippen MR) is 72.8 cm³/mol. The number of β-amino-alcohol motifs (C(OH)–C–C–N with tert-alkyl or cyclic N) is 1. The molecule has 0 aliphatic carbocycles. The van der Waals surface area contributed by atoms with Gasteiger partial charge in [0.1, 0.15) is 6.04 Å². The van der Waals surface area contributed by atoms with E-state index in [2.05, 4.69) is 0 Å². The van der Waals surface area contributed by atoms with Crippen LogP contribution in [-0.4, -0.2) is 40.2 Å². The third-order valence-electron chi connectivity index (χ3n) is 3.96. The molecule has 3 atom stereocenters. The highest BCUT2D eigenvalue weighted by Gasteiger charge is 2.40. The molecule has 0 spiro atoms. The molecule has 2 rings (SSSR count). The fraction of sp³-hybridized carbons (Fsp3) is 0.533. The van der Waals surface area contributed by atoms with Crippen molar-refractivity contribution in [2.24, 2.45) is 5.92 Å². The molecule has 0 amide bonds. The molecule has 0 bridgehead atoms. The van der Waals surface area contributed by atoms with Crippen molar-refractivity contribution in [3.8, 4) is 0 Å². The molecule has 0 saturated carbocycles. The summed E-state index contributed by atoms with van der Waals surface area (Å²) >= 11 is 0. The van der Waals surface area contributed by atoms with E-state index in [1.807, 2.05) is 42.2 Å². The van der Waals surface area contributed by atoms with Crippen molar-refractivity contribution >= 4 is 5.97 Å². The van der Waals surface area contributed by atoms with E-state index < -0.39 is 17.6 Å². The number of carboxylic acids is 1. The van der Waals surface area contributed by atoms with Gasteiger partial charge in [0.15, 0.2) is 0 Å². The fourth-order valence-electron chi connectivity index (χ4n) is 2.89. The Bertz CT molecular complexity index is 444. The van der Waals surface area contributed by atoms with E-state index in [0.717, 1.165) is 18.5 Å². The van der Waals surface area contributed by atoms with Gasteiger partial charge in [-0.25, -0.2) is 0 Å². The lowest BCUT2D eigenvalue weighted by Crippen LogP contribution is -2.46. The standard InChI is InChI=1S/C15H21NO3/c1-11-8-9-16(13(11)14(17)18)10-15(2,19)12-6-4-3-5-7-12/h3-7,11,13,19H,8-10H2,1-2H3,(H,17,18). The first-order valence-electron chi connectivity index (χ1n) is 6.66. The number of aliphatic hydroxyl groups is 1. The van der Waals surface area contributed by atoms with Gasteiger partial charge in [0.25, 0.3) is 0 Å². The van der Waals surface area contributed by atoms with Gasteiger partial charge >= 0.3 is 5.97 Å². The van der Waals surface area contributed by atoms with Gasteiger partial charge in [0.2, 0.25) is 0 Å². The zero-order valence-electron chi connectivity index (χ0n) is 11.4. The summed E-state index contributed by atoms with van der Waals surface area (Å²) in [4.78, 5) is 13.2. The van der Waals surface area contributed by atoms with Crippen molar-refractivity contribution in [2.45, 2.75) is 31.9 Å². The first-order chi connectivity index (χ1) is 8.92. The van der Waals surface area contributed by atoms with Crippen molar-refractivity contribution < 1.29 is 15.0 Å². The highest BCUT2D eigenvalue weighted by Crippen LogP contribution is 2.29. The third kappa shape index (κ3) is 2.96. The van der Waals surface area contributed by atoms with Crippen LogP contribution in [0.3, 0.4) is 0 Å². The molecule has 1 heterocycles. The van der Waals surface area contributed by atoms with Crippen LogP contribution in [0.15, 0.2) is 30.3 Å². The van der Waals surface area contributed by atoms with Gasteiger partial charge < -0.3 is 10.2 Å². The predicted octanol–water partition coefficient (Wildman–Crippen LogP) is 1.69. The minimum Gasteiger partial charge on any atom is -0.480 e. The van der Waals surface area contributed by atoms with Crippen LogP contribution in [-0.2, 0) is 10.4 Å². The summed E-state index contributed by atoms with van der Waals surface area (Å²) in [5, 5.41) is 19.9. The van der Waals surface area contributed by atoms with Crippen LogP contribution < -0.4 is 0 Å². The molecule has 0 radical (unpaired) electrons. The number of benzene rings is 1. The Morgan fingerprint density at radius 2 is 2.05 bits per heavy atom. The number of hydrogen-bond acceptors (Lipinski definition) is 3. The van der Waals surface area contributed by atoms with Gasteiger partial charge in [-0.2, -0.15) is 0 Å². The van der Waals surface area contributed by atoms with E-state index in [1.165, 1.54) is 0 Å². The first-order valence-corrected chi connectivity index (χ1v) is 6.66. The van der Waals surface area contributed by atoms with Crippen molar-refractivity contribution in [1.82, 2.24) is 4.90 Å². The first kappa shape index (κ1) is 14.0. The van der Waals surface area contributed by atoms with E-state index in [9.17, 15) is 15.0 Å². The lowest BCUT2D eigenvalue weighted by Gasteiger charge is -2.32. The zero-order valence-corrected chi connectivity index (χ0v) is 11.4. The average molecular weight is 263 g/mol. The van der Waals surface area contributed by atoms with Gasteiger partial charge in [-0.3, -0.25) is 9.69 Å². The number of nitrogens with zero attached hydrogens (tertiary/aromatic N) is 1.